The summed E-state index contributed by atoms with van der Waals surface area (Å²) in [6, 6.07) is 0. The number of thioether (sulfide) groups is 1. The second-order valence-electron chi connectivity index (χ2n) is 2.78. The number of hydrogen-bond acceptors (Lipinski definition) is 5. The van der Waals surface area contributed by atoms with E-state index in [2.05, 4.69) is 20.6 Å². The lowest BCUT2D eigenvalue weighted by atomic mass is 10.5. The molecule has 0 bridgehead atoms. The van der Waals surface area contributed by atoms with E-state index < -0.39 is 0 Å². The summed E-state index contributed by atoms with van der Waals surface area (Å²) in [5.41, 5.74) is 0. The second kappa shape index (κ2) is 6.02. The fourth-order valence-electron chi connectivity index (χ4n) is 1.13. The van der Waals surface area contributed by atoms with Gasteiger partial charge in [0.05, 0.1) is 4.90 Å². The van der Waals surface area contributed by atoms with Crippen LogP contribution < -0.4 is 10.6 Å². The minimum atomic E-state index is 0.490. The quantitative estimate of drug-likeness (QED) is 0.618. The summed E-state index contributed by atoms with van der Waals surface area (Å²) in [5, 5.41) is 6.70. The first-order chi connectivity index (χ1) is 7.22. The molecule has 0 aliphatic rings. The van der Waals surface area contributed by atoms with E-state index in [1.807, 2.05) is 20.1 Å². The van der Waals surface area contributed by atoms with Gasteiger partial charge in [-0.3, -0.25) is 0 Å². The van der Waals surface area contributed by atoms with Crippen molar-refractivity contribution < 1.29 is 0 Å². The van der Waals surface area contributed by atoms with Gasteiger partial charge < -0.3 is 10.6 Å². The highest BCUT2D eigenvalue weighted by Gasteiger charge is 2.11. The van der Waals surface area contributed by atoms with E-state index in [1.165, 1.54) is 0 Å². The molecule has 0 radical (unpaired) electrons. The first kappa shape index (κ1) is 12.4. The molecule has 1 rings (SSSR count). The van der Waals surface area contributed by atoms with E-state index in [9.17, 15) is 0 Å². The topological polar surface area (TPSA) is 49.8 Å². The Kier molecular flexibility index (Phi) is 4.98. The van der Waals surface area contributed by atoms with Gasteiger partial charge in [-0.05, 0) is 20.1 Å². The summed E-state index contributed by atoms with van der Waals surface area (Å²) in [5.74, 6) is 1.36. The molecule has 1 aromatic rings. The SMILES string of the molecule is CCNc1nc(Cl)c(SC)c(NCC)n1. The number of anilines is 2. The molecule has 0 aliphatic heterocycles. The fourth-order valence-corrected chi connectivity index (χ4v) is 2.05. The minimum Gasteiger partial charge on any atom is -0.369 e. The fraction of sp³-hybridized carbons (Fsp3) is 0.556. The molecule has 0 saturated carbocycles. The highest BCUT2D eigenvalue weighted by molar-refractivity contribution is 7.98. The van der Waals surface area contributed by atoms with Crippen molar-refractivity contribution in [2.24, 2.45) is 0 Å². The van der Waals surface area contributed by atoms with E-state index >= 15 is 0 Å². The highest BCUT2D eigenvalue weighted by atomic mass is 35.5. The van der Waals surface area contributed by atoms with Crippen molar-refractivity contribution in [2.45, 2.75) is 18.7 Å². The zero-order valence-corrected chi connectivity index (χ0v) is 10.7. The van der Waals surface area contributed by atoms with Crippen molar-refractivity contribution in [3.63, 3.8) is 0 Å². The third-order valence-corrected chi connectivity index (χ3v) is 2.89. The van der Waals surface area contributed by atoms with Crippen molar-refractivity contribution in [1.82, 2.24) is 9.97 Å². The van der Waals surface area contributed by atoms with Crippen LogP contribution in [0.5, 0.6) is 0 Å². The molecule has 0 fully saturated rings. The average molecular weight is 247 g/mol. The number of rotatable bonds is 5. The summed E-state index contributed by atoms with van der Waals surface area (Å²) in [4.78, 5) is 9.39. The first-order valence-corrected chi connectivity index (χ1v) is 6.42. The predicted molar refractivity (Wildman–Crippen MR) is 67.2 cm³/mol. The van der Waals surface area contributed by atoms with E-state index in [0.717, 1.165) is 23.8 Å². The smallest absolute Gasteiger partial charge is 0.226 e. The number of halogens is 1. The number of hydrogen-bond donors (Lipinski definition) is 2. The van der Waals surface area contributed by atoms with Crippen LogP contribution in [-0.4, -0.2) is 29.3 Å². The van der Waals surface area contributed by atoms with Gasteiger partial charge in [0.2, 0.25) is 5.95 Å². The third kappa shape index (κ3) is 3.14. The van der Waals surface area contributed by atoms with Gasteiger partial charge in [-0.2, -0.15) is 9.97 Å². The van der Waals surface area contributed by atoms with Crippen molar-refractivity contribution in [3.05, 3.63) is 5.15 Å². The summed E-state index contributed by atoms with van der Waals surface area (Å²) >= 11 is 7.60. The van der Waals surface area contributed by atoms with Gasteiger partial charge in [0, 0.05) is 13.1 Å². The molecule has 15 heavy (non-hydrogen) atoms. The molecule has 6 heteroatoms. The second-order valence-corrected chi connectivity index (χ2v) is 3.96. The maximum Gasteiger partial charge on any atom is 0.226 e. The zero-order valence-electron chi connectivity index (χ0n) is 9.09. The molecule has 0 aliphatic carbocycles. The Hall–Kier alpha value is -0.680. The third-order valence-electron chi connectivity index (χ3n) is 1.71. The van der Waals surface area contributed by atoms with Crippen molar-refractivity contribution in [1.29, 1.82) is 0 Å². The lowest BCUT2D eigenvalue weighted by Gasteiger charge is -2.11. The molecule has 4 nitrogen and oxygen atoms in total. The lowest BCUT2D eigenvalue weighted by Crippen LogP contribution is -2.07. The molecule has 0 amide bonds. The van der Waals surface area contributed by atoms with Crippen LogP contribution in [0.15, 0.2) is 4.90 Å². The minimum absolute atomic E-state index is 0.490. The monoisotopic (exact) mass is 246 g/mol. The number of nitrogens with one attached hydrogen (secondary N) is 2. The van der Waals surface area contributed by atoms with E-state index in [0.29, 0.717) is 11.1 Å². The predicted octanol–water partition coefficient (Wildman–Crippen LogP) is 2.72. The summed E-state index contributed by atoms with van der Waals surface area (Å²) in [7, 11) is 0. The Labute approximate surface area is 99.2 Å². The van der Waals surface area contributed by atoms with Crippen LogP contribution >= 0.6 is 23.4 Å². The van der Waals surface area contributed by atoms with Crippen LogP contribution in [0, 0.1) is 0 Å². The Morgan fingerprint density at radius 2 is 1.87 bits per heavy atom. The molecule has 2 N–H and O–H groups in total. The van der Waals surface area contributed by atoms with Crippen LogP contribution in [-0.2, 0) is 0 Å². The van der Waals surface area contributed by atoms with Crippen LogP contribution in [0.4, 0.5) is 11.8 Å². The average Bonchev–Trinajstić information content (AvgIpc) is 2.18. The lowest BCUT2D eigenvalue weighted by molar-refractivity contribution is 1.03. The Balaban J connectivity index is 3.07. The summed E-state index contributed by atoms with van der Waals surface area (Å²) < 4.78 is 0. The maximum absolute atomic E-state index is 6.05. The van der Waals surface area contributed by atoms with Crippen molar-refractivity contribution in [3.8, 4) is 0 Å². The molecular formula is C9H15ClN4S. The van der Waals surface area contributed by atoms with Gasteiger partial charge >= 0.3 is 0 Å². The number of nitrogens with zero attached hydrogens (tertiary/aromatic N) is 2. The van der Waals surface area contributed by atoms with Crippen molar-refractivity contribution in [2.75, 3.05) is 30.0 Å². The van der Waals surface area contributed by atoms with Gasteiger partial charge in [-0.15, -0.1) is 11.8 Å². The molecule has 0 spiro atoms. The molecule has 1 aromatic heterocycles. The summed E-state index contributed by atoms with van der Waals surface area (Å²) in [6.07, 6.45) is 1.96. The molecular weight excluding hydrogens is 232 g/mol. The van der Waals surface area contributed by atoms with E-state index in [4.69, 9.17) is 11.6 Å². The largest absolute Gasteiger partial charge is 0.369 e. The first-order valence-electron chi connectivity index (χ1n) is 4.82. The van der Waals surface area contributed by atoms with Crippen LogP contribution in [0.25, 0.3) is 0 Å². The van der Waals surface area contributed by atoms with Crippen molar-refractivity contribution >= 4 is 35.1 Å². The highest BCUT2D eigenvalue weighted by Crippen LogP contribution is 2.30. The Morgan fingerprint density at radius 3 is 2.40 bits per heavy atom. The van der Waals surface area contributed by atoms with Gasteiger partial charge in [-0.1, -0.05) is 11.6 Å². The Bertz CT molecular complexity index is 332. The maximum atomic E-state index is 6.05. The molecule has 0 unspecified atom stereocenters. The Morgan fingerprint density at radius 1 is 1.20 bits per heavy atom. The van der Waals surface area contributed by atoms with Gasteiger partial charge in [0.25, 0.3) is 0 Å². The van der Waals surface area contributed by atoms with Gasteiger partial charge in [0.1, 0.15) is 11.0 Å². The van der Waals surface area contributed by atoms with Gasteiger partial charge in [0.15, 0.2) is 0 Å². The van der Waals surface area contributed by atoms with E-state index in [1.54, 1.807) is 11.8 Å². The molecule has 84 valence electrons. The molecule has 0 aromatic carbocycles. The normalized spacial score (nSPS) is 10.1. The number of aromatic nitrogens is 2. The summed E-state index contributed by atoms with van der Waals surface area (Å²) in [6.45, 7) is 5.60. The van der Waals surface area contributed by atoms with Crippen LogP contribution in [0.2, 0.25) is 5.15 Å². The zero-order chi connectivity index (χ0) is 11.3. The van der Waals surface area contributed by atoms with E-state index in [-0.39, 0.29) is 0 Å². The molecule has 0 atom stereocenters. The molecule has 1 heterocycles. The standard InChI is InChI=1S/C9H15ClN4S/c1-4-11-8-6(15-3)7(10)13-9(14-8)12-5-2/h4-5H2,1-3H3,(H2,11,12,13,14). The van der Waals surface area contributed by atoms with Crippen LogP contribution in [0.1, 0.15) is 13.8 Å². The van der Waals surface area contributed by atoms with Gasteiger partial charge in [-0.25, -0.2) is 0 Å². The van der Waals surface area contributed by atoms with Crippen LogP contribution in [0.3, 0.4) is 0 Å². The molecule has 0 saturated heterocycles.